The predicted octanol–water partition coefficient (Wildman–Crippen LogP) is 1.09. The van der Waals surface area contributed by atoms with E-state index in [1.54, 1.807) is 25.5 Å². The summed E-state index contributed by atoms with van der Waals surface area (Å²) < 4.78 is 9.05. The van der Waals surface area contributed by atoms with Gasteiger partial charge in [0.2, 0.25) is 0 Å². The molecule has 11 nitrogen and oxygen atoms in total. The number of carbonyl (C=O) groups excluding carboxylic acids is 1. The Bertz CT molecular complexity index is 1250. The van der Waals surface area contributed by atoms with Gasteiger partial charge in [-0.3, -0.25) is 18.7 Å². The molecular formula is C22H29N5O6. The van der Waals surface area contributed by atoms with Gasteiger partial charge in [-0.1, -0.05) is 26.0 Å². The van der Waals surface area contributed by atoms with Crippen molar-refractivity contribution in [2.24, 2.45) is 14.1 Å². The predicted molar refractivity (Wildman–Crippen MR) is 123 cm³/mol. The number of carboxylic acids is 1. The number of nitrogens with zero attached hydrogens (tertiary/aromatic N) is 5. The van der Waals surface area contributed by atoms with E-state index in [9.17, 15) is 19.2 Å². The highest BCUT2D eigenvalue weighted by atomic mass is 16.5. The Balaban J connectivity index is 0.000000257. The summed E-state index contributed by atoms with van der Waals surface area (Å²) in [6.45, 7) is 8.92. The van der Waals surface area contributed by atoms with Gasteiger partial charge in [0.25, 0.3) is 5.56 Å². The number of ether oxygens (including phenoxy) is 1. The third-order valence-electron chi connectivity index (χ3n) is 5.14. The number of para-hydroxylation sites is 1. The van der Waals surface area contributed by atoms with E-state index >= 15 is 0 Å². The Morgan fingerprint density at radius 3 is 2.30 bits per heavy atom. The van der Waals surface area contributed by atoms with Crippen LogP contribution in [0, 0.1) is 0 Å². The van der Waals surface area contributed by atoms with Crippen LogP contribution in [0.15, 0.2) is 40.2 Å². The van der Waals surface area contributed by atoms with Crippen LogP contribution >= 0.6 is 0 Å². The topological polar surface area (TPSA) is 129 Å². The van der Waals surface area contributed by atoms with Gasteiger partial charge >= 0.3 is 17.6 Å². The maximum absolute atomic E-state index is 12.2. The second kappa shape index (κ2) is 11.2. The van der Waals surface area contributed by atoms with Crippen LogP contribution in [0.4, 0.5) is 0 Å². The van der Waals surface area contributed by atoms with E-state index in [4.69, 9.17) is 5.11 Å². The normalized spacial score (nSPS) is 10.7. The van der Waals surface area contributed by atoms with Crippen molar-refractivity contribution in [1.29, 1.82) is 0 Å². The van der Waals surface area contributed by atoms with Gasteiger partial charge in [0, 0.05) is 34.1 Å². The standard InChI is InChI=1S/C13H21N5O2.C9H8O4/c1-5-17(6-2)7-8-18-9-14-11-10(18)12(19)16(4)13(20)15(11)3;1-6(10)13-8-5-3-2-4-7(8)9(11)12/h9H,5-8H2,1-4H3;2-5H,1H3,(H,11,12). The lowest BCUT2D eigenvalue weighted by Crippen LogP contribution is -2.38. The first kappa shape index (κ1) is 25.5. The molecular weight excluding hydrogens is 430 g/mol. The number of imidazole rings is 1. The molecule has 33 heavy (non-hydrogen) atoms. The molecule has 0 fully saturated rings. The van der Waals surface area contributed by atoms with Gasteiger partial charge < -0.3 is 19.3 Å². The van der Waals surface area contributed by atoms with Crippen LogP contribution in [0.3, 0.4) is 0 Å². The molecule has 1 aromatic carbocycles. The lowest BCUT2D eigenvalue weighted by atomic mass is 10.2. The first-order valence-corrected chi connectivity index (χ1v) is 10.5. The Morgan fingerprint density at radius 1 is 1.09 bits per heavy atom. The molecule has 0 saturated heterocycles. The summed E-state index contributed by atoms with van der Waals surface area (Å²) in [6, 6.07) is 5.98. The molecule has 0 aliphatic carbocycles. The second-order valence-corrected chi connectivity index (χ2v) is 7.24. The summed E-state index contributed by atoms with van der Waals surface area (Å²) in [6.07, 6.45) is 1.63. The van der Waals surface area contributed by atoms with E-state index in [1.807, 2.05) is 4.57 Å². The fraction of sp³-hybridized carbons (Fsp3) is 0.409. The van der Waals surface area contributed by atoms with E-state index in [1.165, 1.54) is 30.7 Å². The first-order valence-electron chi connectivity index (χ1n) is 10.5. The zero-order valence-electron chi connectivity index (χ0n) is 19.4. The van der Waals surface area contributed by atoms with Crippen LogP contribution in [0.25, 0.3) is 11.2 Å². The minimum atomic E-state index is -1.11. The van der Waals surface area contributed by atoms with E-state index < -0.39 is 11.9 Å². The minimum Gasteiger partial charge on any atom is -0.478 e. The van der Waals surface area contributed by atoms with Crippen molar-refractivity contribution in [3.63, 3.8) is 0 Å². The van der Waals surface area contributed by atoms with Crippen molar-refractivity contribution in [3.05, 3.63) is 57.0 Å². The number of aromatic carboxylic acids is 1. The van der Waals surface area contributed by atoms with Crippen LogP contribution < -0.4 is 16.0 Å². The summed E-state index contributed by atoms with van der Waals surface area (Å²) in [5.41, 5.74) is 0.272. The summed E-state index contributed by atoms with van der Waals surface area (Å²) in [7, 11) is 3.12. The third kappa shape index (κ3) is 5.95. The van der Waals surface area contributed by atoms with Gasteiger partial charge in [-0.25, -0.2) is 14.6 Å². The number of aryl methyl sites for hydroxylation is 1. The molecule has 11 heteroatoms. The van der Waals surface area contributed by atoms with Crippen LogP contribution in [-0.2, 0) is 25.4 Å². The number of benzene rings is 1. The minimum absolute atomic E-state index is 0.0160. The Kier molecular flexibility index (Phi) is 8.69. The number of esters is 1. The van der Waals surface area contributed by atoms with Gasteiger partial charge in [-0.05, 0) is 25.2 Å². The molecule has 0 saturated carbocycles. The SMILES string of the molecule is CC(=O)Oc1ccccc1C(=O)O.CCN(CC)CCn1cnc2c1c(=O)n(C)c(=O)n2C. The molecule has 0 bridgehead atoms. The average Bonchev–Trinajstić information content (AvgIpc) is 3.21. The van der Waals surface area contributed by atoms with Crippen molar-refractivity contribution in [2.45, 2.75) is 27.3 Å². The lowest BCUT2D eigenvalue weighted by Gasteiger charge is -2.18. The zero-order chi connectivity index (χ0) is 24.7. The van der Waals surface area contributed by atoms with E-state index in [-0.39, 0.29) is 22.6 Å². The van der Waals surface area contributed by atoms with Crippen LogP contribution in [0.1, 0.15) is 31.1 Å². The molecule has 2 heterocycles. The lowest BCUT2D eigenvalue weighted by molar-refractivity contribution is -0.131. The van der Waals surface area contributed by atoms with E-state index in [2.05, 4.69) is 28.5 Å². The number of hydrogen-bond donors (Lipinski definition) is 1. The van der Waals surface area contributed by atoms with Gasteiger partial charge in [-0.2, -0.15) is 0 Å². The van der Waals surface area contributed by atoms with Crippen molar-refractivity contribution >= 4 is 23.1 Å². The van der Waals surface area contributed by atoms with Crippen molar-refractivity contribution in [3.8, 4) is 5.75 Å². The monoisotopic (exact) mass is 459 g/mol. The van der Waals surface area contributed by atoms with Crippen LogP contribution in [0.2, 0.25) is 0 Å². The Labute approximate surface area is 190 Å². The third-order valence-corrected chi connectivity index (χ3v) is 5.14. The molecule has 0 aliphatic heterocycles. The van der Waals surface area contributed by atoms with Crippen molar-refractivity contribution in [1.82, 2.24) is 23.6 Å². The first-order chi connectivity index (χ1) is 15.6. The quantitative estimate of drug-likeness (QED) is 0.411. The fourth-order valence-corrected chi connectivity index (χ4v) is 3.24. The van der Waals surface area contributed by atoms with Crippen LogP contribution in [-0.4, -0.2) is 60.3 Å². The number of fused-ring (bicyclic) bond motifs is 1. The maximum atomic E-state index is 12.2. The fourth-order valence-electron chi connectivity index (χ4n) is 3.24. The molecule has 0 unspecified atom stereocenters. The molecule has 0 atom stereocenters. The number of likely N-dealkylation sites (N-methyl/N-ethyl adjacent to an activating group) is 1. The molecule has 3 rings (SSSR count). The van der Waals surface area contributed by atoms with Crippen molar-refractivity contribution in [2.75, 3.05) is 19.6 Å². The van der Waals surface area contributed by atoms with Crippen LogP contribution in [0.5, 0.6) is 5.75 Å². The summed E-state index contributed by atoms with van der Waals surface area (Å²) in [5.74, 6) is -1.58. The number of carbonyl (C=O) groups is 2. The summed E-state index contributed by atoms with van der Waals surface area (Å²) in [5, 5.41) is 8.69. The number of hydrogen-bond acceptors (Lipinski definition) is 7. The highest BCUT2D eigenvalue weighted by molar-refractivity contribution is 5.91. The maximum Gasteiger partial charge on any atom is 0.339 e. The smallest absolute Gasteiger partial charge is 0.339 e. The number of aromatic nitrogens is 4. The molecule has 0 radical (unpaired) electrons. The molecule has 1 N–H and O–H groups in total. The molecule has 178 valence electrons. The molecule has 3 aromatic rings. The molecule has 2 aromatic heterocycles. The van der Waals surface area contributed by atoms with Gasteiger partial charge in [0.1, 0.15) is 11.3 Å². The highest BCUT2D eigenvalue weighted by Crippen LogP contribution is 2.17. The second-order valence-electron chi connectivity index (χ2n) is 7.24. The Hall–Kier alpha value is -3.73. The largest absolute Gasteiger partial charge is 0.478 e. The van der Waals surface area contributed by atoms with Crippen molar-refractivity contribution < 1.29 is 19.4 Å². The summed E-state index contributed by atoms with van der Waals surface area (Å²) in [4.78, 5) is 51.7. The van der Waals surface area contributed by atoms with Gasteiger partial charge in [-0.15, -0.1) is 0 Å². The average molecular weight is 460 g/mol. The van der Waals surface area contributed by atoms with Gasteiger partial charge in [0.15, 0.2) is 11.2 Å². The number of rotatable bonds is 7. The van der Waals surface area contributed by atoms with E-state index in [0.717, 1.165) is 24.2 Å². The molecule has 0 aliphatic rings. The van der Waals surface area contributed by atoms with Gasteiger partial charge in [0.05, 0.1) is 6.33 Å². The number of carboxylic acid groups (broad SMARTS) is 1. The summed E-state index contributed by atoms with van der Waals surface area (Å²) >= 11 is 0. The zero-order valence-corrected chi connectivity index (χ0v) is 19.4. The Morgan fingerprint density at radius 2 is 1.73 bits per heavy atom. The highest BCUT2D eigenvalue weighted by Gasteiger charge is 2.14. The van der Waals surface area contributed by atoms with E-state index in [0.29, 0.717) is 17.7 Å². The molecule has 0 spiro atoms. The molecule has 0 amide bonds.